The molecule has 1 aliphatic carbocycles. The van der Waals surface area contributed by atoms with Crippen LogP contribution in [0.5, 0.6) is 0 Å². The van der Waals surface area contributed by atoms with Crippen LogP contribution in [-0.2, 0) is 9.47 Å². The quantitative estimate of drug-likeness (QED) is 0.708. The largest absolute Gasteiger partial charge is 0.393 e. The number of aliphatic hydroxyl groups is 2. The number of fused-ring (bicyclic) bond motifs is 2. The first kappa shape index (κ1) is 13.8. The summed E-state index contributed by atoms with van der Waals surface area (Å²) in [4.78, 5) is 0. The van der Waals surface area contributed by atoms with Crippen LogP contribution < -0.4 is 0 Å². The average molecular weight is 270 g/mol. The molecule has 4 heteroatoms. The molecule has 0 bridgehead atoms. The Kier molecular flexibility index (Phi) is 3.03. The number of aliphatic hydroxyl groups excluding tert-OH is 2. The Morgan fingerprint density at radius 3 is 2.42 bits per heavy atom. The van der Waals surface area contributed by atoms with Crippen LogP contribution in [0.3, 0.4) is 0 Å². The maximum atomic E-state index is 10.6. The van der Waals surface area contributed by atoms with E-state index in [2.05, 4.69) is 27.7 Å². The highest BCUT2D eigenvalue weighted by Crippen LogP contribution is 2.52. The van der Waals surface area contributed by atoms with Gasteiger partial charge >= 0.3 is 0 Å². The van der Waals surface area contributed by atoms with Crippen LogP contribution in [0.4, 0.5) is 0 Å². The molecule has 2 heterocycles. The van der Waals surface area contributed by atoms with E-state index in [1.165, 1.54) is 0 Å². The summed E-state index contributed by atoms with van der Waals surface area (Å²) in [5, 5.41) is 21.1. The molecule has 1 saturated carbocycles. The van der Waals surface area contributed by atoms with Crippen molar-refractivity contribution < 1.29 is 19.7 Å². The SMILES string of the molecule is CC(C)[C@H]1[C@@H](O)[C@@H]2O[C@@]2(C)CC[C@H]2O[C@]2(C)C[C@H]1O. The van der Waals surface area contributed by atoms with Crippen molar-refractivity contribution >= 4 is 0 Å². The van der Waals surface area contributed by atoms with Crippen molar-refractivity contribution in [3.63, 3.8) is 0 Å². The summed E-state index contributed by atoms with van der Waals surface area (Å²) in [6.45, 7) is 8.23. The van der Waals surface area contributed by atoms with Crippen LogP contribution in [0, 0.1) is 11.8 Å². The smallest absolute Gasteiger partial charge is 0.113 e. The Morgan fingerprint density at radius 1 is 1.11 bits per heavy atom. The second-order valence-electron chi connectivity index (χ2n) is 7.39. The van der Waals surface area contributed by atoms with Gasteiger partial charge in [0.25, 0.3) is 0 Å². The monoisotopic (exact) mass is 270 g/mol. The molecule has 3 rings (SSSR count). The fourth-order valence-corrected chi connectivity index (χ4v) is 3.96. The molecule has 0 aromatic rings. The van der Waals surface area contributed by atoms with Crippen LogP contribution in [-0.4, -0.2) is 45.8 Å². The van der Waals surface area contributed by atoms with Gasteiger partial charge in [0.1, 0.15) is 6.10 Å². The van der Waals surface area contributed by atoms with Crippen molar-refractivity contribution in [1.82, 2.24) is 0 Å². The van der Waals surface area contributed by atoms with E-state index in [4.69, 9.17) is 9.47 Å². The van der Waals surface area contributed by atoms with Gasteiger partial charge in [-0.25, -0.2) is 0 Å². The highest BCUT2D eigenvalue weighted by Gasteiger charge is 2.62. The summed E-state index contributed by atoms with van der Waals surface area (Å²) in [5.74, 6) is 0.0743. The van der Waals surface area contributed by atoms with E-state index in [0.29, 0.717) is 6.42 Å². The van der Waals surface area contributed by atoms with Crippen molar-refractivity contribution in [2.75, 3.05) is 0 Å². The molecule has 0 aromatic heterocycles. The Balaban J connectivity index is 1.83. The summed E-state index contributed by atoms with van der Waals surface area (Å²) in [5.41, 5.74) is -0.430. The third-order valence-electron chi connectivity index (χ3n) is 5.41. The van der Waals surface area contributed by atoms with E-state index in [9.17, 15) is 10.2 Å². The van der Waals surface area contributed by atoms with E-state index >= 15 is 0 Å². The van der Waals surface area contributed by atoms with Gasteiger partial charge in [-0.1, -0.05) is 13.8 Å². The molecular formula is C15H26O4. The standard InChI is InChI=1S/C15H26O4/c1-8(2)11-9(16)7-15(4)10(18-15)5-6-14(3)13(19-14)12(11)17/h8-13,16-17H,5-7H2,1-4H3/t9-,10-,11-,12-,13+,14+,15-/m1/s1. The van der Waals surface area contributed by atoms with Gasteiger partial charge in [0, 0.05) is 12.3 Å². The highest BCUT2D eigenvalue weighted by atomic mass is 16.6. The minimum atomic E-state index is -0.584. The van der Waals surface area contributed by atoms with E-state index in [1.54, 1.807) is 0 Å². The predicted molar refractivity (Wildman–Crippen MR) is 70.7 cm³/mol. The minimum Gasteiger partial charge on any atom is -0.393 e. The highest BCUT2D eigenvalue weighted by molar-refractivity contribution is 5.11. The fourth-order valence-electron chi connectivity index (χ4n) is 3.96. The maximum absolute atomic E-state index is 10.6. The number of ether oxygens (including phenoxy) is 2. The van der Waals surface area contributed by atoms with Gasteiger partial charge < -0.3 is 19.7 Å². The summed E-state index contributed by atoms with van der Waals surface area (Å²) in [7, 11) is 0. The topological polar surface area (TPSA) is 65.5 Å². The number of epoxide rings is 2. The van der Waals surface area contributed by atoms with Crippen molar-refractivity contribution in [3.8, 4) is 0 Å². The first-order valence-electron chi connectivity index (χ1n) is 7.49. The van der Waals surface area contributed by atoms with Crippen molar-refractivity contribution in [3.05, 3.63) is 0 Å². The summed E-state index contributed by atoms with van der Waals surface area (Å²) < 4.78 is 11.5. The van der Waals surface area contributed by atoms with Crippen LogP contribution in [0.15, 0.2) is 0 Å². The molecule has 4 nitrogen and oxygen atoms in total. The number of hydrogen-bond donors (Lipinski definition) is 2. The lowest BCUT2D eigenvalue weighted by atomic mass is 9.76. The van der Waals surface area contributed by atoms with Crippen LogP contribution in [0.25, 0.3) is 0 Å². The Bertz CT molecular complexity index is 371. The minimum absolute atomic E-state index is 0.127. The molecule has 0 aromatic carbocycles. The van der Waals surface area contributed by atoms with Gasteiger partial charge in [-0.3, -0.25) is 0 Å². The Morgan fingerprint density at radius 2 is 1.79 bits per heavy atom. The first-order chi connectivity index (χ1) is 8.77. The molecular weight excluding hydrogens is 244 g/mol. The lowest BCUT2D eigenvalue weighted by molar-refractivity contribution is -0.0347. The zero-order valence-electron chi connectivity index (χ0n) is 12.3. The lowest BCUT2D eigenvalue weighted by Crippen LogP contribution is -2.43. The number of rotatable bonds is 1. The summed E-state index contributed by atoms with van der Waals surface area (Å²) >= 11 is 0. The van der Waals surface area contributed by atoms with Gasteiger partial charge in [-0.2, -0.15) is 0 Å². The molecule has 7 atom stereocenters. The summed E-state index contributed by atoms with van der Waals surface area (Å²) in [6, 6.07) is 0. The van der Waals surface area contributed by atoms with Crippen molar-refractivity contribution in [2.24, 2.45) is 11.8 Å². The van der Waals surface area contributed by atoms with Crippen molar-refractivity contribution in [1.29, 1.82) is 0 Å². The van der Waals surface area contributed by atoms with E-state index in [-0.39, 0.29) is 35.2 Å². The third-order valence-corrected chi connectivity index (χ3v) is 5.41. The van der Waals surface area contributed by atoms with E-state index in [1.807, 2.05) is 0 Å². The van der Waals surface area contributed by atoms with E-state index in [0.717, 1.165) is 12.8 Å². The second kappa shape index (κ2) is 4.17. The Labute approximate surface area is 115 Å². The molecule has 3 fully saturated rings. The maximum Gasteiger partial charge on any atom is 0.113 e. The van der Waals surface area contributed by atoms with Gasteiger partial charge in [0.05, 0.1) is 29.5 Å². The molecule has 19 heavy (non-hydrogen) atoms. The summed E-state index contributed by atoms with van der Waals surface area (Å²) in [6.07, 6.45) is 1.49. The first-order valence-corrected chi connectivity index (χ1v) is 7.49. The van der Waals surface area contributed by atoms with Gasteiger partial charge in [0.15, 0.2) is 0 Å². The zero-order valence-corrected chi connectivity index (χ0v) is 12.3. The molecule has 110 valence electrons. The lowest BCUT2D eigenvalue weighted by Gasteiger charge is -2.32. The fraction of sp³-hybridized carbons (Fsp3) is 1.00. The van der Waals surface area contributed by atoms with Gasteiger partial charge in [0.2, 0.25) is 0 Å². The average Bonchev–Trinajstić information content (AvgIpc) is 3.12. The van der Waals surface area contributed by atoms with Crippen LogP contribution in [0.2, 0.25) is 0 Å². The molecule has 0 spiro atoms. The Hall–Kier alpha value is -0.160. The van der Waals surface area contributed by atoms with Crippen LogP contribution in [0.1, 0.15) is 47.0 Å². The molecule has 2 saturated heterocycles. The normalized spacial score (nSPS) is 57.3. The molecule has 0 unspecified atom stereocenters. The molecule has 3 aliphatic rings. The van der Waals surface area contributed by atoms with Gasteiger partial charge in [-0.15, -0.1) is 0 Å². The van der Waals surface area contributed by atoms with Crippen LogP contribution >= 0.6 is 0 Å². The van der Waals surface area contributed by atoms with E-state index < -0.39 is 12.2 Å². The number of hydrogen-bond acceptors (Lipinski definition) is 4. The predicted octanol–water partition coefficient (Wildman–Crippen LogP) is 1.48. The molecule has 0 amide bonds. The third kappa shape index (κ3) is 2.23. The zero-order chi connectivity index (χ0) is 14.0. The van der Waals surface area contributed by atoms with Crippen molar-refractivity contribution in [2.45, 2.75) is 82.6 Å². The molecule has 2 aliphatic heterocycles. The second-order valence-corrected chi connectivity index (χ2v) is 7.39. The molecule has 2 N–H and O–H groups in total. The molecule has 0 radical (unpaired) electrons. The van der Waals surface area contributed by atoms with Gasteiger partial charge in [-0.05, 0) is 32.6 Å².